The van der Waals surface area contributed by atoms with E-state index in [1.807, 2.05) is 6.92 Å². The molecule has 6 heteroatoms. The van der Waals surface area contributed by atoms with Gasteiger partial charge in [0.05, 0.1) is 17.8 Å². The van der Waals surface area contributed by atoms with Gasteiger partial charge in [-0.2, -0.15) is 0 Å². The molecule has 0 radical (unpaired) electrons. The lowest BCUT2D eigenvalue weighted by Gasteiger charge is -2.07. The van der Waals surface area contributed by atoms with E-state index in [0.717, 1.165) is 11.4 Å². The van der Waals surface area contributed by atoms with Gasteiger partial charge < -0.3 is 10.1 Å². The van der Waals surface area contributed by atoms with E-state index in [0.29, 0.717) is 17.2 Å². The molecule has 1 amide bonds. The number of amides is 1. The first-order valence-electron chi connectivity index (χ1n) is 6.32. The van der Waals surface area contributed by atoms with Gasteiger partial charge in [0.25, 0.3) is 5.91 Å². The fraction of sp³-hybridized carbons (Fsp3) is 0.286. The second-order valence-corrected chi connectivity index (χ2v) is 5.12. The van der Waals surface area contributed by atoms with Crippen LogP contribution in [0.15, 0.2) is 24.4 Å². The van der Waals surface area contributed by atoms with Gasteiger partial charge in [0.1, 0.15) is 4.88 Å². The quantitative estimate of drug-likeness (QED) is 0.918. The van der Waals surface area contributed by atoms with Crippen LogP contribution < -0.4 is 10.1 Å². The van der Waals surface area contributed by atoms with Crippen LogP contribution in [0, 0.1) is 5.82 Å². The standard InChI is InChI=1S/C14H15FN2O2S/c1-3-13-16-8-12(20-13)14(18)17-9-5-6-11(19-4-2)10(15)7-9/h5-8H,3-4H2,1-2H3,(H,17,18). The van der Waals surface area contributed by atoms with Crippen molar-refractivity contribution in [1.29, 1.82) is 0 Å². The van der Waals surface area contributed by atoms with E-state index in [-0.39, 0.29) is 11.7 Å². The molecule has 1 heterocycles. The van der Waals surface area contributed by atoms with Gasteiger partial charge in [0, 0.05) is 11.8 Å². The summed E-state index contributed by atoms with van der Waals surface area (Å²) >= 11 is 1.33. The molecule has 2 aromatic rings. The molecule has 4 nitrogen and oxygen atoms in total. The molecule has 106 valence electrons. The summed E-state index contributed by atoms with van der Waals surface area (Å²) in [6, 6.07) is 4.34. The van der Waals surface area contributed by atoms with Crippen molar-refractivity contribution in [2.24, 2.45) is 0 Å². The predicted octanol–water partition coefficient (Wildman–Crippen LogP) is 3.50. The Hall–Kier alpha value is -1.95. The third-order valence-electron chi connectivity index (χ3n) is 2.57. The van der Waals surface area contributed by atoms with Gasteiger partial charge in [-0.3, -0.25) is 4.79 Å². The third kappa shape index (κ3) is 3.33. The van der Waals surface area contributed by atoms with Crippen LogP contribution in [0.5, 0.6) is 5.75 Å². The summed E-state index contributed by atoms with van der Waals surface area (Å²) in [6.45, 7) is 4.15. The molecular weight excluding hydrogens is 279 g/mol. The maximum Gasteiger partial charge on any atom is 0.267 e. The number of hydrogen-bond acceptors (Lipinski definition) is 4. The van der Waals surface area contributed by atoms with E-state index in [2.05, 4.69) is 10.3 Å². The van der Waals surface area contributed by atoms with E-state index < -0.39 is 5.82 Å². The number of halogens is 1. The van der Waals surface area contributed by atoms with Crippen LogP contribution in [0.25, 0.3) is 0 Å². The number of nitrogens with zero attached hydrogens (tertiary/aromatic N) is 1. The van der Waals surface area contributed by atoms with Crippen molar-refractivity contribution in [3.05, 3.63) is 40.1 Å². The largest absolute Gasteiger partial charge is 0.491 e. The Morgan fingerprint density at radius 3 is 2.85 bits per heavy atom. The smallest absolute Gasteiger partial charge is 0.267 e. The number of aromatic nitrogens is 1. The minimum absolute atomic E-state index is 0.177. The maximum atomic E-state index is 13.7. The molecular formula is C14H15FN2O2S. The van der Waals surface area contributed by atoms with Crippen molar-refractivity contribution >= 4 is 22.9 Å². The molecule has 2 rings (SSSR count). The van der Waals surface area contributed by atoms with Crippen LogP contribution in [0.4, 0.5) is 10.1 Å². The number of nitrogens with one attached hydrogen (secondary N) is 1. The van der Waals surface area contributed by atoms with E-state index in [4.69, 9.17) is 4.74 Å². The summed E-state index contributed by atoms with van der Waals surface area (Å²) in [5, 5.41) is 3.54. The molecule has 1 aromatic heterocycles. The van der Waals surface area contributed by atoms with E-state index in [9.17, 15) is 9.18 Å². The molecule has 20 heavy (non-hydrogen) atoms. The van der Waals surface area contributed by atoms with Crippen molar-refractivity contribution < 1.29 is 13.9 Å². The Labute approximate surface area is 120 Å². The highest BCUT2D eigenvalue weighted by Crippen LogP contribution is 2.22. The van der Waals surface area contributed by atoms with Gasteiger partial charge in [-0.05, 0) is 25.5 Å². The molecule has 0 saturated heterocycles. The maximum absolute atomic E-state index is 13.7. The number of ether oxygens (including phenoxy) is 1. The number of rotatable bonds is 5. The van der Waals surface area contributed by atoms with Crippen LogP contribution in [0.2, 0.25) is 0 Å². The van der Waals surface area contributed by atoms with E-state index in [1.165, 1.54) is 29.7 Å². The molecule has 0 fully saturated rings. The lowest BCUT2D eigenvalue weighted by Crippen LogP contribution is -2.10. The third-order valence-corrected chi connectivity index (χ3v) is 3.71. The van der Waals surface area contributed by atoms with Gasteiger partial charge in [0.15, 0.2) is 11.6 Å². The molecule has 0 unspecified atom stereocenters. The summed E-state index contributed by atoms with van der Waals surface area (Å²) in [6.07, 6.45) is 2.32. The minimum Gasteiger partial charge on any atom is -0.491 e. The van der Waals surface area contributed by atoms with E-state index in [1.54, 1.807) is 13.0 Å². The number of thiazole rings is 1. The van der Waals surface area contributed by atoms with Gasteiger partial charge >= 0.3 is 0 Å². The molecule has 0 saturated carbocycles. The highest BCUT2D eigenvalue weighted by Gasteiger charge is 2.11. The summed E-state index contributed by atoms with van der Waals surface area (Å²) < 4.78 is 18.8. The highest BCUT2D eigenvalue weighted by atomic mass is 32.1. The van der Waals surface area contributed by atoms with E-state index >= 15 is 0 Å². The van der Waals surface area contributed by atoms with Crippen molar-refractivity contribution in [1.82, 2.24) is 4.98 Å². The summed E-state index contributed by atoms with van der Waals surface area (Å²) in [5.74, 6) is -0.606. The number of aryl methyl sites for hydroxylation is 1. The number of anilines is 1. The van der Waals surface area contributed by atoms with Crippen LogP contribution >= 0.6 is 11.3 Å². The van der Waals surface area contributed by atoms with Gasteiger partial charge in [0.2, 0.25) is 0 Å². The number of carbonyl (C=O) groups excluding carboxylic acids is 1. The van der Waals surface area contributed by atoms with Crippen molar-refractivity contribution in [3.63, 3.8) is 0 Å². The average molecular weight is 294 g/mol. The Bertz CT molecular complexity index is 613. The number of benzene rings is 1. The van der Waals surface area contributed by atoms with Crippen molar-refractivity contribution in [2.45, 2.75) is 20.3 Å². The van der Waals surface area contributed by atoms with Gasteiger partial charge in [-0.15, -0.1) is 11.3 Å². The molecule has 0 aliphatic heterocycles. The van der Waals surface area contributed by atoms with Gasteiger partial charge in [-0.25, -0.2) is 9.37 Å². The van der Waals surface area contributed by atoms with Crippen LogP contribution in [-0.2, 0) is 6.42 Å². The zero-order chi connectivity index (χ0) is 14.5. The fourth-order valence-electron chi connectivity index (χ4n) is 1.62. The number of carbonyl (C=O) groups is 1. The Kier molecular flexibility index (Phi) is 4.68. The Morgan fingerprint density at radius 1 is 1.45 bits per heavy atom. The molecule has 1 aromatic carbocycles. The first kappa shape index (κ1) is 14.5. The average Bonchev–Trinajstić information content (AvgIpc) is 2.91. The molecule has 0 spiro atoms. The molecule has 0 atom stereocenters. The summed E-state index contributed by atoms with van der Waals surface area (Å²) in [5.41, 5.74) is 0.391. The fourth-order valence-corrected chi connectivity index (χ4v) is 2.38. The first-order chi connectivity index (χ1) is 9.63. The zero-order valence-corrected chi connectivity index (χ0v) is 12.1. The van der Waals surface area contributed by atoms with Crippen molar-refractivity contribution in [3.8, 4) is 5.75 Å². The summed E-state index contributed by atoms with van der Waals surface area (Å²) in [4.78, 5) is 16.6. The Balaban J connectivity index is 2.09. The number of hydrogen-bond donors (Lipinski definition) is 1. The minimum atomic E-state index is -0.497. The second-order valence-electron chi connectivity index (χ2n) is 4.00. The molecule has 0 aliphatic carbocycles. The SMILES string of the molecule is CCOc1ccc(NC(=O)c2cnc(CC)s2)cc1F. The topological polar surface area (TPSA) is 51.2 Å². The predicted molar refractivity (Wildman–Crippen MR) is 77.0 cm³/mol. The molecule has 1 N–H and O–H groups in total. The van der Waals surface area contributed by atoms with Crippen LogP contribution in [-0.4, -0.2) is 17.5 Å². The van der Waals surface area contributed by atoms with Gasteiger partial charge in [-0.1, -0.05) is 6.92 Å². The molecule has 0 aliphatic rings. The zero-order valence-electron chi connectivity index (χ0n) is 11.3. The Morgan fingerprint density at radius 2 is 2.25 bits per heavy atom. The van der Waals surface area contributed by atoms with Crippen LogP contribution in [0.1, 0.15) is 28.5 Å². The van der Waals surface area contributed by atoms with Crippen molar-refractivity contribution in [2.75, 3.05) is 11.9 Å². The lowest BCUT2D eigenvalue weighted by atomic mass is 10.3. The lowest BCUT2D eigenvalue weighted by molar-refractivity contribution is 0.103. The monoisotopic (exact) mass is 294 g/mol. The highest BCUT2D eigenvalue weighted by molar-refractivity contribution is 7.13. The first-order valence-corrected chi connectivity index (χ1v) is 7.14. The van der Waals surface area contributed by atoms with Crippen LogP contribution in [0.3, 0.4) is 0 Å². The molecule has 0 bridgehead atoms. The normalized spacial score (nSPS) is 10.3. The summed E-state index contributed by atoms with van der Waals surface area (Å²) in [7, 11) is 0. The second kappa shape index (κ2) is 6.47.